The smallest absolute Gasteiger partial charge is 0.250 e. The Balaban J connectivity index is 1.78. The zero-order valence-electron chi connectivity index (χ0n) is 12.6. The summed E-state index contributed by atoms with van der Waals surface area (Å²) in [5, 5.41) is 0.844. The van der Waals surface area contributed by atoms with Crippen molar-refractivity contribution in [2.24, 2.45) is 0 Å². The number of aryl methyl sites for hydroxylation is 2. The van der Waals surface area contributed by atoms with E-state index in [2.05, 4.69) is 14.7 Å². The van der Waals surface area contributed by atoms with E-state index in [4.69, 9.17) is 0 Å². The van der Waals surface area contributed by atoms with Gasteiger partial charge in [-0.2, -0.15) is 0 Å². The number of nitrogens with one attached hydrogen (secondary N) is 1. The molecule has 8 heteroatoms. The van der Waals surface area contributed by atoms with Crippen molar-refractivity contribution in [3.05, 3.63) is 52.1 Å². The molecule has 5 nitrogen and oxygen atoms in total. The molecule has 0 radical (unpaired) electrons. The van der Waals surface area contributed by atoms with E-state index in [-0.39, 0.29) is 6.54 Å². The molecule has 3 aromatic heterocycles. The lowest BCUT2D eigenvalue weighted by Gasteiger charge is -2.03. The molecule has 23 heavy (non-hydrogen) atoms. The average Bonchev–Trinajstić information content (AvgIpc) is 3.13. The zero-order valence-corrected chi connectivity index (χ0v) is 15.1. The third-order valence-electron chi connectivity index (χ3n) is 3.20. The van der Waals surface area contributed by atoms with E-state index >= 15 is 0 Å². The van der Waals surface area contributed by atoms with Crippen molar-refractivity contribution in [3.8, 4) is 10.6 Å². The molecule has 0 atom stereocenters. The zero-order chi connectivity index (χ0) is 16.4. The van der Waals surface area contributed by atoms with Crippen LogP contribution < -0.4 is 4.72 Å². The van der Waals surface area contributed by atoms with Gasteiger partial charge in [0.1, 0.15) is 9.22 Å². The molecule has 3 heterocycles. The first-order chi connectivity index (χ1) is 11.0. The van der Waals surface area contributed by atoms with Crippen LogP contribution in [0.2, 0.25) is 0 Å². The third kappa shape index (κ3) is 3.66. The van der Waals surface area contributed by atoms with Crippen molar-refractivity contribution in [1.82, 2.24) is 14.7 Å². The molecular weight excluding hydrogens is 350 g/mol. The Morgan fingerprint density at radius 1 is 1.17 bits per heavy atom. The Bertz CT molecular complexity index is 915. The summed E-state index contributed by atoms with van der Waals surface area (Å²) < 4.78 is 27.5. The summed E-state index contributed by atoms with van der Waals surface area (Å²) in [5.41, 5.74) is 1.77. The molecule has 1 N–H and O–H groups in total. The average molecular weight is 366 g/mol. The topological polar surface area (TPSA) is 72.0 Å². The van der Waals surface area contributed by atoms with Crippen molar-refractivity contribution in [3.63, 3.8) is 0 Å². The number of sulfonamides is 1. The van der Waals surface area contributed by atoms with Gasteiger partial charge in [0.2, 0.25) is 10.0 Å². The minimum atomic E-state index is -3.47. The summed E-state index contributed by atoms with van der Waals surface area (Å²) in [6, 6.07) is 7.22. The van der Waals surface area contributed by atoms with E-state index in [1.54, 1.807) is 24.5 Å². The van der Waals surface area contributed by atoms with Gasteiger partial charge in [0, 0.05) is 34.3 Å². The van der Waals surface area contributed by atoms with Gasteiger partial charge in [-0.1, -0.05) is 0 Å². The number of hydrogen-bond acceptors (Lipinski definition) is 6. The van der Waals surface area contributed by atoms with Crippen molar-refractivity contribution >= 4 is 32.7 Å². The fraction of sp³-hybridized carbons (Fsp3) is 0.200. The van der Waals surface area contributed by atoms with E-state index in [9.17, 15) is 8.42 Å². The molecule has 0 bridgehead atoms. The Morgan fingerprint density at radius 3 is 2.65 bits per heavy atom. The lowest BCUT2D eigenvalue weighted by atomic mass is 10.3. The first-order valence-corrected chi connectivity index (χ1v) is 10.00. The second-order valence-electron chi connectivity index (χ2n) is 4.96. The number of thiazole rings is 1. The van der Waals surface area contributed by atoms with Gasteiger partial charge < -0.3 is 0 Å². The number of rotatable bonds is 5. The summed E-state index contributed by atoms with van der Waals surface area (Å²) >= 11 is 2.74. The van der Waals surface area contributed by atoms with Crippen molar-refractivity contribution in [1.29, 1.82) is 0 Å². The van der Waals surface area contributed by atoms with Gasteiger partial charge in [0.05, 0.1) is 5.69 Å². The fourth-order valence-corrected chi connectivity index (χ4v) is 5.40. The van der Waals surface area contributed by atoms with Crippen LogP contribution >= 0.6 is 22.7 Å². The van der Waals surface area contributed by atoms with Gasteiger partial charge in [-0.25, -0.2) is 18.1 Å². The van der Waals surface area contributed by atoms with Gasteiger partial charge in [-0.3, -0.25) is 4.98 Å². The summed E-state index contributed by atoms with van der Waals surface area (Å²) in [5.74, 6) is 0. The van der Waals surface area contributed by atoms with Crippen LogP contribution in [-0.2, 0) is 16.6 Å². The molecular formula is C15H15N3O2S3. The van der Waals surface area contributed by atoms with Gasteiger partial charge in [0.15, 0.2) is 0 Å². The summed E-state index contributed by atoms with van der Waals surface area (Å²) in [6.07, 6.45) is 3.46. The highest BCUT2D eigenvalue weighted by molar-refractivity contribution is 7.91. The number of hydrogen-bond donors (Lipinski definition) is 1. The Labute approximate surface area is 143 Å². The minimum absolute atomic E-state index is 0.239. The minimum Gasteiger partial charge on any atom is -0.264 e. The Hall–Kier alpha value is -1.61. The molecule has 0 spiro atoms. The lowest BCUT2D eigenvalue weighted by Crippen LogP contribution is -2.22. The van der Waals surface area contributed by atoms with Crippen LogP contribution in [-0.4, -0.2) is 18.4 Å². The maximum Gasteiger partial charge on any atom is 0.250 e. The van der Waals surface area contributed by atoms with Gasteiger partial charge >= 0.3 is 0 Å². The highest BCUT2D eigenvalue weighted by Crippen LogP contribution is 2.28. The second-order valence-corrected chi connectivity index (χ2v) is 9.32. The van der Waals surface area contributed by atoms with Crippen LogP contribution in [0.1, 0.15) is 15.4 Å². The molecule has 0 aliphatic carbocycles. The maximum absolute atomic E-state index is 12.3. The quantitative estimate of drug-likeness (QED) is 0.752. The van der Waals surface area contributed by atoms with Crippen LogP contribution in [0.5, 0.6) is 0 Å². The maximum atomic E-state index is 12.3. The van der Waals surface area contributed by atoms with E-state index in [0.717, 1.165) is 26.0 Å². The van der Waals surface area contributed by atoms with Gasteiger partial charge in [-0.05, 0) is 38.1 Å². The monoisotopic (exact) mass is 365 g/mol. The van der Waals surface area contributed by atoms with E-state index in [0.29, 0.717) is 4.21 Å². The van der Waals surface area contributed by atoms with Crippen molar-refractivity contribution < 1.29 is 8.42 Å². The molecule has 0 saturated carbocycles. The summed E-state index contributed by atoms with van der Waals surface area (Å²) in [4.78, 5) is 10.5. The number of pyridine rings is 1. The first-order valence-electron chi connectivity index (χ1n) is 6.88. The highest BCUT2D eigenvalue weighted by atomic mass is 32.2. The normalized spacial score (nSPS) is 11.7. The van der Waals surface area contributed by atoms with Crippen LogP contribution in [0, 0.1) is 13.8 Å². The molecule has 120 valence electrons. The Kier molecular flexibility index (Phi) is 4.58. The predicted octanol–water partition coefficient (Wildman–Crippen LogP) is 3.36. The molecule has 0 amide bonds. The van der Waals surface area contributed by atoms with E-state index in [1.807, 2.05) is 26.0 Å². The highest BCUT2D eigenvalue weighted by Gasteiger charge is 2.17. The summed E-state index contributed by atoms with van der Waals surface area (Å²) in [6.45, 7) is 4.01. The molecule has 3 aromatic rings. The molecule has 0 aliphatic rings. The first kappa shape index (κ1) is 16.3. The second kappa shape index (κ2) is 6.48. The van der Waals surface area contributed by atoms with Crippen molar-refractivity contribution in [2.75, 3.05) is 0 Å². The van der Waals surface area contributed by atoms with Crippen molar-refractivity contribution in [2.45, 2.75) is 24.6 Å². The van der Waals surface area contributed by atoms with Crippen LogP contribution in [0.3, 0.4) is 0 Å². The van der Waals surface area contributed by atoms with Crippen LogP contribution in [0.25, 0.3) is 10.6 Å². The SMILES string of the molecule is Cc1ccc(S(=O)(=O)NCc2sc(-c3cccnc3)nc2C)s1. The summed E-state index contributed by atoms with van der Waals surface area (Å²) in [7, 11) is -3.47. The van der Waals surface area contributed by atoms with Gasteiger partial charge in [0.25, 0.3) is 0 Å². The molecule has 0 saturated heterocycles. The number of thiophene rings is 1. The predicted molar refractivity (Wildman–Crippen MR) is 93.2 cm³/mol. The number of aromatic nitrogens is 2. The standard InChI is InChI=1S/C15H15N3O2S3/c1-10-5-6-14(21-10)23(19,20)17-9-13-11(2)18-15(22-13)12-4-3-7-16-8-12/h3-8,17H,9H2,1-2H3. The van der Waals surface area contributed by atoms with Crippen LogP contribution in [0.4, 0.5) is 0 Å². The largest absolute Gasteiger partial charge is 0.264 e. The molecule has 3 rings (SSSR count). The number of nitrogens with zero attached hydrogens (tertiary/aromatic N) is 2. The van der Waals surface area contributed by atoms with E-state index in [1.165, 1.54) is 22.7 Å². The van der Waals surface area contributed by atoms with E-state index < -0.39 is 10.0 Å². The lowest BCUT2D eigenvalue weighted by molar-refractivity contribution is 0.584. The molecule has 0 aromatic carbocycles. The Morgan fingerprint density at radius 2 is 2.00 bits per heavy atom. The molecule has 0 aliphatic heterocycles. The third-order valence-corrected chi connectivity index (χ3v) is 7.30. The fourth-order valence-electron chi connectivity index (χ4n) is 1.99. The molecule has 0 unspecified atom stereocenters. The molecule has 0 fully saturated rings. The van der Waals surface area contributed by atoms with Crippen LogP contribution in [0.15, 0.2) is 40.9 Å². The van der Waals surface area contributed by atoms with Gasteiger partial charge in [-0.15, -0.1) is 22.7 Å².